The van der Waals surface area contributed by atoms with Crippen molar-refractivity contribution >= 4 is 59.1 Å². The van der Waals surface area contributed by atoms with Crippen LogP contribution in [-0.4, -0.2) is 14.5 Å². The molecule has 0 amide bonds. The van der Waals surface area contributed by atoms with Crippen molar-refractivity contribution in [2.75, 3.05) is 0 Å². The van der Waals surface area contributed by atoms with Crippen LogP contribution in [0, 0.1) is 17.9 Å². The molecule has 54 heavy (non-hydrogen) atoms. The molecule has 5 nitrogen and oxygen atoms in total. The molecule has 0 N–H and O–H groups in total. The Morgan fingerprint density at radius 1 is 0.574 bits per heavy atom. The Hall–Kier alpha value is -7.38. The van der Waals surface area contributed by atoms with Gasteiger partial charge in [-0.2, -0.15) is 5.26 Å². The number of hydrogen-bond donors (Lipinski definition) is 0. The molecular weight excluding hydrogens is 679 g/mol. The van der Waals surface area contributed by atoms with Crippen LogP contribution in [0.3, 0.4) is 0 Å². The van der Waals surface area contributed by atoms with Crippen LogP contribution in [0.4, 0.5) is 5.69 Å². The normalized spacial score (nSPS) is 11.3. The fourth-order valence-electron chi connectivity index (χ4n) is 7.58. The minimum atomic E-state index is 0.552. The van der Waals surface area contributed by atoms with Gasteiger partial charge in [-0.3, -0.25) is 0 Å². The molecule has 0 unspecified atom stereocenters. The smallest absolute Gasteiger partial charge is 0.188 e. The summed E-state index contributed by atoms with van der Waals surface area (Å²) in [6.07, 6.45) is 0. The lowest BCUT2D eigenvalue weighted by atomic mass is 9.91. The molecule has 3 aromatic heterocycles. The van der Waals surface area contributed by atoms with E-state index in [4.69, 9.17) is 16.5 Å². The quantitative estimate of drug-likeness (QED) is 0.168. The van der Waals surface area contributed by atoms with Crippen molar-refractivity contribution in [3.63, 3.8) is 0 Å². The van der Waals surface area contributed by atoms with E-state index in [1.54, 1.807) is 11.3 Å². The highest BCUT2D eigenvalue weighted by Gasteiger charge is 2.24. The number of nitrogens with zero attached hydrogens (tertiary/aromatic N) is 5. The van der Waals surface area contributed by atoms with Crippen molar-refractivity contribution in [2.45, 2.75) is 0 Å². The monoisotopic (exact) mass is 705 g/mol. The maximum Gasteiger partial charge on any atom is 0.188 e. The zero-order valence-corrected chi connectivity index (χ0v) is 29.5. The number of aromatic nitrogens is 3. The van der Waals surface area contributed by atoms with Crippen molar-refractivity contribution in [2.24, 2.45) is 0 Å². The molecule has 0 saturated heterocycles. The lowest BCUT2D eigenvalue weighted by molar-refractivity contribution is 1.18. The van der Waals surface area contributed by atoms with E-state index in [0.717, 1.165) is 86.9 Å². The lowest BCUT2D eigenvalue weighted by Gasteiger charge is -2.21. The van der Waals surface area contributed by atoms with Crippen LogP contribution in [0.15, 0.2) is 164 Å². The topological polar surface area (TPSA) is 58.9 Å². The zero-order chi connectivity index (χ0) is 36.2. The van der Waals surface area contributed by atoms with Gasteiger partial charge in [0.1, 0.15) is 0 Å². The third kappa shape index (κ3) is 5.05. The van der Waals surface area contributed by atoms with E-state index in [1.807, 2.05) is 66.7 Å². The van der Waals surface area contributed by atoms with Gasteiger partial charge in [-0.1, -0.05) is 115 Å². The van der Waals surface area contributed by atoms with Gasteiger partial charge < -0.3 is 4.57 Å². The van der Waals surface area contributed by atoms with Crippen molar-refractivity contribution in [3.8, 4) is 56.7 Å². The molecule has 0 atom stereocenters. The zero-order valence-electron chi connectivity index (χ0n) is 28.7. The van der Waals surface area contributed by atoms with Crippen molar-refractivity contribution in [1.82, 2.24) is 14.5 Å². The molecule has 10 rings (SSSR count). The van der Waals surface area contributed by atoms with E-state index in [0.29, 0.717) is 17.1 Å². The van der Waals surface area contributed by atoms with Crippen LogP contribution in [-0.2, 0) is 0 Å². The van der Waals surface area contributed by atoms with Crippen molar-refractivity contribution < 1.29 is 0 Å². The fraction of sp³-hybridized carbons (Fsp3) is 0. The number of hydrogen-bond acceptors (Lipinski definition) is 4. The van der Waals surface area contributed by atoms with Crippen molar-refractivity contribution in [3.05, 3.63) is 181 Å². The number of fused-ring (bicyclic) bond motifs is 6. The average Bonchev–Trinajstić information content (AvgIpc) is 3.78. The highest BCUT2D eigenvalue weighted by Crippen LogP contribution is 2.46. The van der Waals surface area contributed by atoms with E-state index in [1.165, 1.54) is 0 Å². The van der Waals surface area contributed by atoms with Gasteiger partial charge in [0, 0.05) is 37.7 Å². The highest BCUT2D eigenvalue weighted by molar-refractivity contribution is 7.26. The van der Waals surface area contributed by atoms with Gasteiger partial charge in [0.05, 0.1) is 50.8 Å². The predicted molar refractivity (Wildman–Crippen MR) is 222 cm³/mol. The van der Waals surface area contributed by atoms with E-state index in [2.05, 4.69) is 113 Å². The Kier molecular flexibility index (Phi) is 7.37. The number of rotatable bonds is 5. The first-order chi connectivity index (χ1) is 26.7. The number of benzene rings is 7. The molecule has 0 bridgehead atoms. The third-order valence-electron chi connectivity index (χ3n) is 10.0. The van der Waals surface area contributed by atoms with Gasteiger partial charge in [0.25, 0.3) is 0 Å². The van der Waals surface area contributed by atoms with Crippen LogP contribution in [0.25, 0.3) is 97.5 Å². The molecule has 10 aromatic rings. The number of thiophene rings is 1. The first-order valence-electron chi connectivity index (χ1n) is 17.6. The number of nitriles is 1. The first-order valence-corrected chi connectivity index (χ1v) is 18.4. The summed E-state index contributed by atoms with van der Waals surface area (Å²) in [5.41, 5.74) is 12.0. The minimum Gasteiger partial charge on any atom is -0.308 e. The second-order valence-corrected chi connectivity index (χ2v) is 14.2. The maximum atomic E-state index is 9.92. The van der Waals surface area contributed by atoms with Crippen molar-refractivity contribution in [1.29, 1.82) is 5.26 Å². The summed E-state index contributed by atoms with van der Waals surface area (Å²) in [6.45, 7) is 7.79. The standard InChI is InChI=1S/C48H27N5S/c1-50-35-22-24-42-40(28-35)39-25-30(29-49)21-23-41(39)53(42)46-37(31-13-5-2-6-14-31)26-34(27-38(46)32-15-7-3-8-16-32)44-47-45(36-19-11-12-20-43(36)54-47)52-48(51-44)33-17-9-4-10-18-33/h2-28H. The van der Waals surface area contributed by atoms with E-state index >= 15 is 0 Å². The van der Waals surface area contributed by atoms with Gasteiger partial charge in [-0.25, -0.2) is 14.8 Å². The summed E-state index contributed by atoms with van der Waals surface area (Å²) in [5.74, 6) is 0.680. The average molecular weight is 706 g/mol. The Morgan fingerprint density at radius 2 is 1.17 bits per heavy atom. The van der Waals surface area contributed by atoms with Gasteiger partial charge in [0.2, 0.25) is 0 Å². The Labute approximate surface area is 315 Å². The largest absolute Gasteiger partial charge is 0.308 e. The first kappa shape index (κ1) is 31.4. The third-order valence-corrected chi connectivity index (χ3v) is 11.2. The molecule has 6 heteroatoms. The molecule has 250 valence electrons. The van der Waals surface area contributed by atoms with Gasteiger partial charge in [-0.05, 0) is 65.0 Å². The second kappa shape index (κ2) is 12.7. The Bertz CT molecular complexity index is 3040. The summed E-state index contributed by atoms with van der Waals surface area (Å²) in [6, 6.07) is 58.2. The molecule has 3 heterocycles. The van der Waals surface area contributed by atoms with Crippen LogP contribution in [0.5, 0.6) is 0 Å². The molecule has 0 saturated carbocycles. The summed E-state index contributed by atoms with van der Waals surface area (Å²) < 4.78 is 4.50. The SMILES string of the molecule is [C-]#[N+]c1ccc2c(c1)c1cc(C#N)ccc1n2-c1c(-c2ccccc2)cc(-c2nc(-c3ccccc3)nc3c2sc2ccccc23)cc1-c1ccccc1. The molecule has 0 aliphatic heterocycles. The molecule has 0 radical (unpaired) electrons. The van der Waals surface area contributed by atoms with Crippen LogP contribution < -0.4 is 0 Å². The van der Waals surface area contributed by atoms with Crippen LogP contribution >= 0.6 is 11.3 Å². The van der Waals surface area contributed by atoms with Gasteiger partial charge in [0.15, 0.2) is 11.5 Å². The van der Waals surface area contributed by atoms with E-state index in [9.17, 15) is 5.26 Å². The summed E-state index contributed by atoms with van der Waals surface area (Å²) in [7, 11) is 0. The maximum absolute atomic E-state index is 9.92. The van der Waals surface area contributed by atoms with E-state index in [-0.39, 0.29) is 0 Å². The van der Waals surface area contributed by atoms with Crippen LogP contribution in [0.2, 0.25) is 0 Å². The molecular formula is C48H27N5S. The minimum absolute atomic E-state index is 0.552. The molecule has 0 aliphatic rings. The predicted octanol–water partition coefficient (Wildman–Crippen LogP) is 13.0. The summed E-state index contributed by atoms with van der Waals surface area (Å²) >= 11 is 1.72. The fourth-order valence-corrected chi connectivity index (χ4v) is 8.74. The molecule has 7 aromatic carbocycles. The van der Waals surface area contributed by atoms with Crippen LogP contribution in [0.1, 0.15) is 5.56 Å². The highest BCUT2D eigenvalue weighted by atomic mass is 32.1. The molecule has 0 fully saturated rings. The Morgan fingerprint density at radius 3 is 1.81 bits per heavy atom. The lowest BCUT2D eigenvalue weighted by Crippen LogP contribution is -2.02. The van der Waals surface area contributed by atoms with E-state index < -0.39 is 0 Å². The molecule has 0 aliphatic carbocycles. The summed E-state index contributed by atoms with van der Waals surface area (Å²) in [4.78, 5) is 14.3. The Balaban J connectivity index is 1.37. The molecule has 0 spiro atoms. The summed E-state index contributed by atoms with van der Waals surface area (Å²) in [5, 5.41) is 12.9. The second-order valence-electron chi connectivity index (χ2n) is 13.2. The van der Waals surface area contributed by atoms with Gasteiger partial charge in [-0.15, -0.1) is 11.3 Å². The van der Waals surface area contributed by atoms with Gasteiger partial charge >= 0.3 is 0 Å².